The molecule has 0 radical (unpaired) electrons. The molecule has 4 fully saturated rings. The van der Waals surface area contributed by atoms with Crippen LogP contribution in [0.4, 0.5) is 0 Å². The molecule has 1 unspecified atom stereocenters. The molecule has 5 heterocycles. The molecule has 40 heavy (non-hydrogen) atoms. The second kappa shape index (κ2) is 10.0. The summed E-state index contributed by atoms with van der Waals surface area (Å²) >= 11 is 0. The minimum absolute atomic E-state index is 0.00572. The van der Waals surface area contributed by atoms with Gasteiger partial charge < -0.3 is 39.0 Å². The van der Waals surface area contributed by atoms with Crippen LogP contribution < -0.4 is 0 Å². The van der Waals surface area contributed by atoms with Crippen molar-refractivity contribution in [2.45, 2.75) is 126 Å². The van der Waals surface area contributed by atoms with E-state index in [-0.39, 0.29) is 30.8 Å². The zero-order valence-electron chi connectivity index (χ0n) is 24.1. The molecule has 0 aromatic rings. The Bertz CT molecular complexity index is 1120. The summed E-state index contributed by atoms with van der Waals surface area (Å²) in [5, 5.41) is 34.1. The molecule has 1 spiro atoms. The number of ether oxygens (including phenoxy) is 5. The number of epoxide rings is 1. The number of aliphatic hydroxyl groups excluding tert-OH is 2. The number of fused-ring (bicyclic) bond motifs is 3. The van der Waals surface area contributed by atoms with E-state index < -0.39 is 53.3 Å². The minimum Gasteiger partial charge on any atom is -0.462 e. The second-order valence-corrected chi connectivity index (χ2v) is 13.3. The smallest absolute Gasteiger partial charge is 0.316 e. The first-order chi connectivity index (χ1) is 18.9. The van der Waals surface area contributed by atoms with Gasteiger partial charge in [-0.1, -0.05) is 38.2 Å². The lowest BCUT2D eigenvalue weighted by Crippen LogP contribution is -2.58. The largest absolute Gasteiger partial charge is 0.462 e. The van der Waals surface area contributed by atoms with Gasteiger partial charge in [-0.2, -0.15) is 0 Å². The molecule has 6 aliphatic rings. The molecule has 9 heteroatoms. The Labute approximate surface area is 236 Å². The lowest BCUT2D eigenvalue weighted by atomic mass is 9.71. The quantitative estimate of drug-likeness (QED) is 0.233. The predicted octanol–water partition coefficient (Wildman–Crippen LogP) is 2.72. The van der Waals surface area contributed by atoms with Gasteiger partial charge in [-0.15, -0.1) is 0 Å². The number of rotatable bonds is 0. The van der Waals surface area contributed by atoms with E-state index in [2.05, 4.69) is 13.8 Å². The highest BCUT2D eigenvalue weighted by Gasteiger charge is 2.62. The first-order valence-electron chi connectivity index (χ1n) is 14.9. The molecule has 4 saturated heterocycles. The van der Waals surface area contributed by atoms with Crippen LogP contribution in [0.5, 0.6) is 0 Å². The van der Waals surface area contributed by atoms with Crippen LogP contribution in [0.1, 0.15) is 66.7 Å². The summed E-state index contributed by atoms with van der Waals surface area (Å²) in [6, 6.07) is 0. The zero-order chi connectivity index (χ0) is 28.6. The van der Waals surface area contributed by atoms with Crippen molar-refractivity contribution in [2.24, 2.45) is 17.8 Å². The summed E-state index contributed by atoms with van der Waals surface area (Å²) in [4.78, 5) is 13.9. The van der Waals surface area contributed by atoms with Crippen LogP contribution in [0.2, 0.25) is 0 Å². The fourth-order valence-electron chi connectivity index (χ4n) is 7.53. The maximum absolute atomic E-state index is 13.9. The summed E-state index contributed by atoms with van der Waals surface area (Å²) in [5.74, 6) is -2.32. The molecular weight excluding hydrogens is 516 g/mol. The second-order valence-electron chi connectivity index (χ2n) is 13.3. The fraction of sp³-hybridized carbons (Fsp3) is 0.774. The third-order valence-corrected chi connectivity index (χ3v) is 10.4. The van der Waals surface area contributed by atoms with Gasteiger partial charge in [0.05, 0.1) is 31.0 Å². The number of aliphatic hydroxyl groups is 3. The average molecular weight is 561 g/mol. The highest BCUT2D eigenvalue weighted by atomic mass is 16.7. The monoisotopic (exact) mass is 560 g/mol. The Morgan fingerprint density at radius 2 is 1.82 bits per heavy atom. The van der Waals surface area contributed by atoms with Crippen LogP contribution in [-0.4, -0.2) is 87.6 Å². The van der Waals surface area contributed by atoms with Crippen LogP contribution in [0, 0.1) is 17.8 Å². The number of allylic oxidation sites excluding steroid dienone is 2. The molecule has 6 rings (SSSR count). The normalized spacial score (nSPS) is 54.9. The van der Waals surface area contributed by atoms with Crippen molar-refractivity contribution in [1.82, 2.24) is 0 Å². The Morgan fingerprint density at radius 3 is 2.58 bits per heavy atom. The van der Waals surface area contributed by atoms with Crippen LogP contribution in [0.25, 0.3) is 0 Å². The van der Waals surface area contributed by atoms with Crippen molar-refractivity contribution in [1.29, 1.82) is 0 Å². The minimum atomic E-state index is -1.76. The molecule has 0 saturated carbocycles. The summed E-state index contributed by atoms with van der Waals surface area (Å²) in [7, 11) is 0. The van der Waals surface area contributed by atoms with E-state index in [1.807, 2.05) is 19.9 Å². The maximum Gasteiger partial charge on any atom is 0.316 e. The number of hydrogen-bond acceptors (Lipinski definition) is 9. The highest BCUT2D eigenvalue weighted by molar-refractivity contribution is 5.78. The first-order valence-corrected chi connectivity index (χ1v) is 14.9. The van der Waals surface area contributed by atoms with Gasteiger partial charge in [-0.25, -0.2) is 0 Å². The summed E-state index contributed by atoms with van der Waals surface area (Å²) in [5.41, 5.74) is -1.43. The van der Waals surface area contributed by atoms with Gasteiger partial charge in [0.15, 0.2) is 5.79 Å². The first kappa shape index (κ1) is 28.5. The van der Waals surface area contributed by atoms with Crippen LogP contribution in [0.3, 0.4) is 0 Å². The van der Waals surface area contributed by atoms with Crippen LogP contribution in [0.15, 0.2) is 35.5 Å². The lowest BCUT2D eigenvalue weighted by molar-refractivity contribution is -0.333. The molecule has 13 atom stereocenters. The van der Waals surface area contributed by atoms with Gasteiger partial charge in [0.25, 0.3) is 0 Å². The Kier molecular flexibility index (Phi) is 7.13. The number of carbonyl (C=O) groups excluding carboxylic acids is 1. The Morgan fingerprint density at radius 1 is 1.05 bits per heavy atom. The van der Waals surface area contributed by atoms with E-state index in [0.29, 0.717) is 42.7 Å². The van der Waals surface area contributed by atoms with E-state index in [1.54, 1.807) is 25.2 Å². The molecule has 2 bridgehead atoms. The SMILES string of the molecule is CC1=C[C@H]2C(=O)O[C@H]3C[C@@H](C[C@H]4O[C@@]4(C)[C@H](O)[C@@H](C)/C=C/C=C4\CO[C@H]([C@@H]1O)[C@@]42O)O[C@@]1(CC[C@H](C)C(C)O1)C3. The average Bonchev–Trinajstić information content (AvgIpc) is 3.42. The van der Waals surface area contributed by atoms with Gasteiger partial charge in [0.1, 0.15) is 35.4 Å². The van der Waals surface area contributed by atoms with Crippen molar-refractivity contribution in [3.8, 4) is 0 Å². The lowest BCUT2D eigenvalue weighted by Gasteiger charge is -2.49. The molecule has 5 aliphatic heterocycles. The summed E-state index contributed by atoms with van der Waals surface area (Å²) in [6.07, 6.45) is 6.22. The topological polar surface area (TPSA) is 127 Å². The zero-order valence-corrected chi connectivity index (χ0v) is 24.1. The van der Waals surface area contributed by atoms with Gasteiger partial charge in [0.2, 0.25) is 0 Å². The van der Waals surface area contributed by atoms with E-state index in [1.165, 1.54) is 0 Å². The Balaban J connectivity index is 1.37. The van der Waals surface area contributed by atoms with Gasteiger partial charge >= 0.3 is 5.97 Å². The summed E-state index contributed by atoms with van der Waals surface area (Å²) in [6.45, 7) is 9.86. The number of carbonyl (C=O) groups is 1. The standard InChI is InChI=1S/C31H44O9/c1-16-9-10-30(38-19(16)4)14-22-12-21(39-30)13-24-29(5,40-24)26(33)17(2)7-6-8-20-15-36-27-25(32)18(3)11-23(28(34)37-22)31(20,27)35/h6-8,11,16-17,19,21-27,32-33,35H,9-10,12-15H2,1-5H3/b7-6+,20-8+/t16-,17-,19?,21-,22-,23-,24+,25+,26+,27+,29+,30-,31+/m0/s1. The summed E-state index contributed by atoms with van der Waals surface area (Å²) < 4.78 is 31.3. The van der Waals surface area contributed by atoms with Gasteiger partial charge in [0, 0.05) is 31.6 Å². The van der Waals surface area contributed by atoms with Crippen molar-refractivity contribution >= 4 is 5.97 Å². The highest BCUT2D eigenvalue weighted by Crippen LogP contribution is 2.50. The van der Waals surface area contributed by atoms with Crippen molar-refractivity contribution in [3.05, 3.63) is 35.5 Å². The fourth-order valence-corrected chi connectivity index (χ4v) is 7.53. The maximum atomic E-state index is 13.9. The molecule has 0 aromatic carbocycles. The van der Waals surface area contributed by atoms with Crippen molar-refractivity contribution in [2.75, 3.05) is 6.61 Å². The van der Waals surface area contributed by atoms with E-state index in [9.17, 15) is 20.1 Å². The van der Waals surface area contributed by atoms with Gasteiger partial charge in [-0.05, 0) is 44.3 Å². The molecule has 3 N–H and O–H groups in total. The van der Waals surface area contributed by atoms with Crippen LogP contribution in [-0.2, 0) is 28.5 Å². The Hall–Kier alpha value is -1.59. The molecule has 9 nitrogen and oxygen atoms in total. The third-order valence-electron chi connectivity index (χ3n) is 10.4. The van der Waals surface area contributed by atoms with Crippen molar-refractivity contribution < 1.29 is 43.8 Å². The third kappa shape index (κ3) is 4.62. The number of esters is 1. The predicted molar refractivity (Wildman–Crippen MR) is 144 cm³/mol. The van der Waals surface area contributed by atoms with Crippen molar-refractivity contribution in [3.63, 3.8) is 0 Å². The van der Waals surface area contributed by atoms with Gasteiger partial charge in [-0.3, -0.25) is 4.79 Å². The molecular formula is C31H44O9. The molecule has 1 aliphatic carbocycles. The molecule has 222 valence electrons. The van der Waals surface area contributed by atoms with E-state index in [0.717, 1.165) is 6.42 Å². The molecule has 0 amide bonds. The van der Waals surface area contributed by atoms with E-state index >= 15 is 0 Å². The number of hydrogen-bond donors (Lipinski definition) is 3. The van der Waals surface area contributed by atoms with E-state index in [4.69, 9.17) is 23.7 Å². The van der Waals surface area contributed by atoms with Crippen LogP contribution >= 0.6 is 0 Å². The molecule has 0 aromatic heterocycles.